The summed E-state index contributed by atoms with van der Waals surface area (Å²) in [5.41, 5.74) is 1.81. The first-order valence-electron chi connectivity index (χ1n) is 5.01. The van der Waals surface area contributed by atoms with Crippen LogP contribution in [0.1, 0.15) is 15.9 Å². The lowest BCUT2D eigenvalue weighted by Gasteiger charge is -2.06. The third kappa shape index (κ3) is 2.04. The van der Waals surface area contributed by atoms with Crippen molar-refractivity contribution in [3.05, 3.63) is 41.5 Å². The molecular formula is C12H11FN2O2. The molecule has 1 N–H and O–H groups in total. The average Bonchev–Trinajstić information content (AvgIpc) is 2.67. The Morgan fingerprint density at radius 1 is 1.47 bits per heavy atom. The Morgan fingerprint density at radius 3 is 2.71 bits per heavy atom. The van der Waals surface area contributed by atoms with Crippen molar-refractivity contribution in [1.82, 2.24) is 9.78 Å². The number of carbonyl (C=O) groups is 1. The fraction of sp³-hybridized carbons (Fsp3) is 0.167. The van der Waals surface area contributed by atoms with Gasteiger partial charge in [0, 0.05) is 18.8 Å². The number of hydrogen-bond acceptors (Lipinski definition) is 2. The van der Waals surface area contributed by atoms with Gasteiger partial charge in [-0.1, -0.05) is 0 Å². The van der Waals surface area contributed by atoms with Crippen molar-refractivity contribution in [2.24, 2.45) is 7.05 Å². The summed E-state index contributed by atoms with van der Waals surface area (Å²) in [6, 6.07) is 2.57. The van der Waals surface area contributed by atoms with Gasteiger partial charge in [-0.2, -0.15) is 5.10 Å². The molecule has 0 bridgehead atoms. The summed E-state index contributed by atoms with van der Waals surface area (Å²) < 4.78 is 15.2. The number of carboxylic acid groups (broad SMARTS) is 1. The van der Waals surface area contributed by atoms with Crippen LogP contribution in [0.4, 0.5) is 4.39 Å². The monoisotopic (exact) mass is 234 g/mol. The molecule has 1 heterocycles. The van der Waals surface area contributed by atoms with E-state index in [1.54, 1.807) is 31.0 Å². The molecule has 0 aliphatic rings. The van der Waals surface area contributed by atoms with Crippen LogP contribution in [-0.2, 0) is 7.05 Å². The van der Waals surface area contributed by atoms with Gasteiger partial charge in [-0.15, -0.1) is 0 Å². The summed E-state index contributed by atoms with van der Waals surface area (Å²) in [7, 11) is 1.76. The van der Waals surface area contributed by atoms with Crippen molar-refractivity contribution in [3.63, 3.8) is 0 Å². The van der Waals surface area contributed by atoms with Gasteiger partial charge in [0.05, 0.1) is 11.8 Å². The van der Waals surface area contributed by atoms with E-state index in [4.69, 9.17) is 5.11 Å². The van der Waals surface area contributed by atoms with Gasteiger partial charge < -0.3 is 5.11 Å². The first-order chi connectivity index (χ1) is 7.99. The summed E-state index contributed by atoms with van der Waals surface area (Å²) in [4.78, 5) is 10.8. The third-order valence-corrected chi connectivity index (χ3v) is 2.56. The molecule has 0 radical (unpaired) electrons. The first-order valence-corrected chi connectivity index (χ1v) is 5.01. The zero-order valence-electron chi connectivity index (χ0n) is 9.44. The number of benzene rings is 1. The number of halogens is 1. The normalized spacial score (nSPS) is 10.5. The maximum atomic E-state index is 13.6. The Kier molecular flexibility index (Phi) is 2.67. The number of aromatic carboxylic acids is 1. The lowest BCUT2D eigenvalue weighted by Crippen LogP contribution is -2.01. The van der Waals surface area contributed by atoms with Gasteiger partial charge >= 0.3 is 5.97 Å². The highest BCUT2D eigenvalue weighted by Gasteiger charge is 2.14. The van der Waals surface area contributed by atoms with Gasteiger partial charge in [-0.05, 0) is 30.2 Å². The van der Waals surface area contributed by atoms with Crippen LogP contribution in [0.3, 0.4) is 0 Å². The van der Waals surface area contributed by atoms with Gasteiger partial charge in [0.1, 0.15) is 5.82 Å². The predicted molar refractivity (Wildman–Crippen MR) is 60.3 cm³/mol. The van der Waals surface area contributed by atoms with Crippen molar-refractivity contribution in [2.75, 3.05) is 0 Å². The van der Waals surface area contributed by atoms with E-state index in [2.05, 4.69) is 5.10 Å². The van der Waals surface area contributed by atoms with Gasteiger partial charge in [0.25, 0.3) is 0 Å². The Morgan fingerprint density at radius 2 is 2.18 bits per heavy atom. The van der Waals surface area contributed by atoms with E-state index >= 15 is 0 Å². The number of aryl methyl sites for hydroxylation is 2. The molecule has 0 atom stereocenters. The number of rotatable bonds is 2. The van der Waals surface area contributed by atoms with Crippen LogP contribution in [0.15, 0.2) is 24.5 Å². The summed E-state index contributed by atoms with van der Waals surface area (Å²) in [5.74, 6) is -2.00. The van der Waals surface area contributed by atoms with Crippen molar-refractivity contribution in [1.29, 1.82) is 0 Å². The van der Waals surface area contributed by atoms with Crippen LogP contribution in [0.2, 0.25) is 0 Å². The predicted octanol–water partition coefficient (Wildman–Crippen LogP) is 2.23. The summed E-state index contributed by atoms with van der Waals surface area (Å²) >= 11 is 0. The molecule has 2 rings (SSSR count). The van der Waals surface area contributed by atoms with Crippen LogP contribution in [-0.4, -0.2) is 20.9 Å². The van der Waals surface area contributed by atoms with E-state index in [9.17, 15) is 9.18 Å². The summed E-state index contributed by atoms with van der Waals surface area (Å²) in [6.45, 7) is 1.74. The maximum absolute atomic E-state index is 13.6. The minimum absolute atomic E-state index is 0.310. The molecule has 1 aromatic heterocycles. The highest BCUT2D eigenvalue weighted by Crippen LogP contribution is 2.25. The molecule has 0 fully saturated rings. The number of hydrogen-bond donors (Lipinski definition) is 1. The van der Waals surface area contributed by atoms with E-state index in [0.717, 1.165) is 5.56 Å². The zero-order chi connectivity index (χ0) is 12.6. The Bertz CT molecular complexity index is 590. The van der Waals surface area contributed by atoms with Gasteiger partial charge in [0.15, 0.2) is 0 Å². The molecule has 0 amide bonds. The highest BCUT2D eigenvalue weighted by atomic mass is 19.1. The number of aromatic nitrogens is 2. The van der Waals surface area contributed by atoms with Crippen LogP contribution in [0.5, 0.6) is 0 Å². The maximum Gasteiger partial charge on any atom is 0.338 e. The van der Waals surface area contributed by atoms with Crippen LogP contribution < -0.4 is 0 Å². The molecule has 0 saturated heterocycles. The van der Waals surface area contributed by atoms with Gasteiger partial charge in [-0.3, -0.25) is 4.68 Å². The lowest BCUT2D eigenvalue weighted by atomic mass is 10.0. The van der Waals surface area contributed by atoms with Crippen molar-refractivity contribution in [2.45, 2.75) is 6.92 Å². The van der Waals surface area contributed by atoms with E-state index in [-0.39, 0.29) is 5.56 Å². The van der Waals surface area contributed by atoms with Crippen LogP contribution in [0.25, 0.3) is 11.1 Å². The van der Waals surface area contributed by atoms with Crippen molar-refractivity contribution < 1.29 is 14.3 Å². The highest BCUT2D eigenvalue weighted by molar-refractivity contribution is 5.89. The number of nitrogens with zero attached hydrogens (tertiary/aromatic N) is 2. The Hall–Kier alpha value is -2.17. The van der Waals surface area contributed by atoms with Gasteiger partial charge in [0.2, 0.25) is 0 Å². The Balaban J connectivity index is 2.57. The first kappa shape index (κ1) is 11.3. The van der Waals surface area contributed by atoms with Crippen molar-refractivity contribution in [3.8, 4) is 11.1 Å². The van der Waals surface area contributed by atoms with Crippen molar-refractivity contribution >= 4 is 5.97 Å². The second-order valence-corrected chi connectivity index (χ2v) is 3.85. The quantitative estimate of drug-likeness (QED) is 0.866. The second kappa shape index (κ2) is 4.01. The molecule has 0 unspecified atom stereocenters. The largest absolute Gasteiger partial charge is 0.478 e. The molecule has 0 aliphatic heterocycles. The smallest absolute Gasteiger partial charge is 0.338 e. The molecule has 0 aliphatic carbocycles. The molecule has 2 aromatic rings. The third-order valence-electron chi connectivity index (χ3n) is 2.56. The molecule has 5 heteroatoms. The fourth-order valence-electron chi connectivity index (χ4n) is 1.72. The number of carboxylic acids is 1. The van der Waals surface area contributed by atoms with Crippen LogP contribution >= 0.6 is 0 Å². The topological polar surface area (TPSA) is 55.1 Å². The SMILES string of the molecule is Cc1cc(C(=O)O)c(F)cc1-c1cnn(C)c1. The minimum Gasteiger partial charge on any atom is -0.478 e. The molecule has 4 nitrogen and oxygen atoms in total. The molecular weight excluding hydrogens is 223 g/mol. The molecule has 0 spiro atoms. The Labute approximate surface area is 97.3 Å². The summed E-state index contributed by atoms with van der Waals surface area (Å²) in [5, 5.41) is 12.8. The van der Waals surface area contributed by atoms with Gasteiger partial charge in [-0.25, -0.2) is 9.18 Å². The average molecular weight is 234 g/mol. The standard InChI is InChI=1S/C12H11FN2O2/c1-7-3-10(12(16)17)11(13)4-9(7)8-5-14-15(2)6-8/h3-6H,1-2H3,(H,16,17). The zero-order valence-corrected chi connectivity index (χ0v) is 9.44. The summed E-state index contributed by atoms with van der Waals surface area (Å²) in [6.07, 6.45) is 3.37. The molecule has 17 heavy (non-hydrogen) atoms. The fourth-order valence-corrected chi connectivity index (χ4v) is 1.72. The van der Waals surface area contributed by atoms with Crippen LogP contribution in [0, 0.1) is 12.7 Å². The van der Waals surface area contributed by atoms with E-state index < -0.39 is 11.8 Å². The van der Waals surface area contributed by atoms with E-state index in [0.29, 0.717) is 11.1 Å². The van der Waals surface area contributed by atoms with E-state index in [1.807, 2.05) is 0 Å². The minimum atomic E-state index is -1.26. The molecule has 88 valence electrons. The second-order valence-electron chi connectivity index (χ2n) is 3.85. The lowest BCUT2D eigenvalue weighted by molar-refractivity contribution is 0.0692. The molecule has 0 saturated carbocycles. The molecule has 1 aromatic carbocycles. The van der Waals surface area contributed by atoms with E-state index in [1.165, 1.54) is 12.1 Å².